The summed E-state index contributed by atoms with van der Waals surface area (Å²) in [6, 6.07) is 13.5. The first kappa shape index (κ1) is 18.8. The van der Waals surface area contributed by atoms with Gasteiger partial charge < -0.3 is 15.2 Å². The van der Waals surface area contributed by atoms with E-state index in [4.69, 9.17) is 0 Å². The number of para-hydroxylation sites is 2. The van der Waals surface area contributed by atoms with Crippen LogP contribution in [0.3, 0.4) is 0 Å². The Morgan fingerprint density at radius 1 is 1.07 bits per heavy atom. The summed E-state index contributed by atoms with van der Waals surface area (Å²) in [6.45, 7) is 1.25. The molecule has 9 heteroatoms. The van der Waals surface area contributed by atoms with Crippen molar-refractivity contribution in [1.29, 1.82) is 0 Å². The normalized spacial score (nSPS) is 11.0. The van der Waals surface area contributed by atoms with E-state index in [9.17, 15) is 18.4 Å². The minimum Gasteiger partial charge on any atom is -0.326 e. The molecule has 3 rings (SSSR count). The minimum absolute atomic E-state index is 0.0855. The predicted octanol–water partition coefficient (Wildman–Crippen LogP) is 3.95. The predicted molar refractivity (Wildman–Crippen MR) is 101 cm³/mol. The molecule has 0 aliphatic heterocycles. The Kier molecular flexibility index (Phi) is 5.70. The van der Waals surface area contributed by atoms with Crippen LogP contribution in [-0.2, 0) is 16.1 Å². The lowest BCUT2D eigenvalue weighted by molar-refractivity contribution is -0.117. The molecule has 2 amide bonds. The molecule has 0 aliphatic rings. The van der Waals surface area contributed by atoms with Gasteiger partial charge in [0.15, 0.2) is 5.16 Å². The molecule has 0 aliphatic carbocycles. The molecule has 0 bridgehead atoms. The largest absolute Gasteiger partial charge is 0.326 e. The van der Waals surface area contributed by atoms with E-state index >= 15 is 0 Å². The van der Waals surface area contributed by atoms with Gasteiger partial charge in [0, 0.05) is 18.3 Å². The van der Waals surface area contributed by atoms with Gasteiger partial charge in [-0.15, -0.1) is 0 Å². The van der Waals surface area contributed by atoms with Crippen LogP contribution < -0.4 is 10.6 Å². The molecule has 0 radical (unpaired) electrons. The van der Waals surface area contributed by atoms with Crippen LogP contribution in [0.25, 0.3) is 11.0 Å². The Balaban J connectivity index is 1.76. The van der Waals surface area contributed by atoms with Gasteiger partial charge in [-0.1, -0.05) is 12.1 Å². The number of fused-ring (bicyclic) bond motifs is 1. The van der Waals surface area contributed by atoms with E-state index in [0.29, 0.717) is 34.2 Å². The topological polar surface area (TPSA) is 76.0 Å². The van der Waals surface area contributed by atoms with Crippen molar-refractivity contribution >= 4 is 46.0 Å². The zero-order valence-corrected chi connectivity index (χ0v) is 15.1. The zero-order valence-electron chi connectivity index (χ0n) is 14.3. The fraction of sp³-hybridized carbons (Fsp3) is 0.167. The van der Waals surface area contributed by atoms with Crippen molar-refractivity contribution in [1.82, 2.24) is 9.55 Å². The summed E-state index contributed by atoms with van der Waals surface area (Å²) in [6.07, 6.45) is 0. The van der Waals surface area contributed by atoms with Gasteiger partial charge in [-0.05, 0) is 48.2 Å². The van der Waals surface area contributed by atoms with Gasteiger partial charge in [-0.3, -0.25) is 9.59 Å². The van der Waals surface area contributed by atoms with E-state index in [2.05, 4.69) is 15.6 Å². The Morgan fingerprint density at radius 2 is 1.70 bits per heavy atom. The summed E-state index contributed by atoms with van der Waals surface area (Å²) in [5.41, 5.74) is 2.29. The van der Waals surface area contributed by atoms with Crippen LogP contribution in [0.15, 0.2) is 53.7 Å². The van der Waals surface area contributed by atoms with Crippen LogP contribution in [0.2, 0.25) is 0 Å². The van der Waals surface area contributed by atoms with Gasteiger partial charge in [0.1, 0.15) is 6.54 Å². The number of aromatic nitrogens is 2. The number of hydrogen-bond acceptors (Lipinski definition) is 4. The molecule has 0 saturated heterocycles. The smallest absolute Gasteiger partial charge is 0.291 e. The average Bonchev–Trinajstić information content (AvgIpc) is 2.93. The Hall–Kier alpha value is -2.94. The maximum absolute atomic E-state index is 12.8. The molecule has 0 fully saturated rings. The first-order valence-corrected chi connectivity index (χ1v) is 8.88. The zero-order chi connectivity index (χ0) is 19.4. The van der Waals surface area contributed by atoms with Crippen molar-refractivity contribution in [2.75, 3.05) is 10.6 Å². The van der Waals surface area contributed by atoms with Crippen LogP contribution in [0, 0.1) is 0 Å². The molecule has 27 heavy (non-hydrogen) atoms. The van der Waals surface area contributed by atoms with Gasteiger partial charge in [0.05, 0.1) is 11.0 Å². The molecule has 1 aromatic heterocycles. The van der Waals surface area contributed by atoms with Crippen LogP contribution in [0.4, 0.5) is 20.2 Å². The Morgan fingerprint density at radius 3 is 2.33 bits per heavy atom. The number of anilines is 2. The highest BCUT2D eigenvalue weighted by atomic mass is 32.2. The lowest BCUT2D eigenvalue weighted by Gasteiger charge is -2.10. The molecule has 2 aromatic carbocycles. The van der Waals surface area contributed by atoms with E-state index in [1.807, 2.05) is 0 Å². The third kappa shape index (κ3) is 4.82. The number of carbonyl (C=O) groups excluding carboxylic acids is 2. The summed E-state index contributed by atoms with van der Waals surface area (Å²) in [5, 5.41) is 5.42. The van der Waals surface area contributed by atoms with Crippen molar-refractivity contribution in [3.63, 3.8) is 0 Å². The van der Waals surface area contributed by atoms with E-state index in [0.717, 1.165) is 0 Å². The minimum atomic E-state index is -2.63. The number of hydrogen-bond donors (Lipinski definition) is 2. The summed E-state index contributed by atoms with van der Waals surface area (Å²) >= 11 is 0.305. The van der Waals surface area contributed by atoms with E-state index in [1.165, 1.54) is 11.5 Å². The van der Waals surface area contributed by atoms with Gasteiger partial charge in [0.2, 0.25) is 11.8 Å². The van der Waals surface area contributed by atoms with Crippen LogP contribution in [0.1, 0.15) is 6.92 Å². The average molecular weight is 390 g/mol. The highest BCUT2D eigenvalue weighted by Gasteiger charge is 2.17. The van der Waals surface area contributed by atoms with Crippen molar-refractivity contribution in [2.45, 2.75) is 24.4 Å². The fourth-order valence-electron chi connectivity index (χ4n) is 2.56. The second-order valence-corrected chi connectivity index (χ2v) is 6.61. The fourth-order valence-corrected chi connectivity index (χ4v) is 3.16. The van der Waals surface area contributed by atoms with Crippen molar-refractivity contribution in [3.05, 3.63) is 48.5 Å². The maximum atomic E-state index is 12.8. The number of rotatable bonds is 6. The molecule has 0 unspecified atom stereocenters. The number of benzene rings is 2. The number of amides is 2. The standard InChI is InChI=1S/C18H16F2N4O2S/c1-11(25)21-12-6-8-13(9-7-12)22-16(26)10-24-15-5-3-2-4-14(15)23-18(24)27-17(19)20/h2-9,17H,10H2,1H3,(H,21,25)(H,22,26). The molecule has 6 nitrogen and oxygen atoms in total. The highest BCUT2D eigenvalue weighted by Crippen LogP contribution is 2.28. The molecule has 140 valence electrons. The lowest BCUT2D eigenvalue weighted by atomic mass is 10.2. The van der Waals surface area contributed by atoms with Crippen LogP contribution in [-0.4, -0.2) is 27.1 Å². The summed E-state index contributed by atoms with van der Waals surface area (Å²) in [4.78, 5) is 27.6. The monoisotopic (exact) mass is 390 g/mol. The number of halogens is 2. The van der Waals surface area contributed by atoms with Crippen molar-refractivity contribution in [3.8, 4) is 0 Å². The SMILES string of the molecule is CC(=O)Nc1ccc(NC(=O)Cn2c(SC(F)F)nc3ccccc32)cc1. The number of imidazole rings is 1. The molecule has 0 spiro atoms. The number of nitrogens with one attached hydrogen (secondary N) is 2. The molecular formula is C18H16F2N4O2S. The molecule has 0 atom stereocenters. The number of alkyl halides is 2. The second-order valence-electron chi connectivity index (χ2n) is 5.65. The Bertz CT molecular complexity index is 973. The van der Waals surface area contributed by atoms with Gasteiger partial charge in [0.25, 0.3) is 5.76 Å². The van der Waals surface area contributed by atoms with E-state index in [-0.39, 0.29) is 23.5 Å². The number of carbonyl (C=O) groups is 2. The third-order valence-corrected chi connectivity index (χ3v) is 4.31. The Labute approximate surface area is 158 Å². The van der Waals surface area contributed by atoms with Crippen LogP contribution >= 0.6 is 11.8 Å². The maximum Gasteiger partial charge on any atom is 0.291 e. The van der Waals surface area contributed by atoms with Gasteiger partial charge in [-0.25, -0.2) is 4.98 Å². The molecule has 1 heterocycles. The molecular weight excluding hydrogens is 374 g/mol. The van der Waals surface area contributed by atoms with E-state index in [1.54, 1.807) is 48.5 Å². The van der Waals surface area contributed by atoms with Crippen LogP contribution in [0.5, 0.6) is 0 Å². The third-order valence-electron chi connectivity index (χ3n) is 3.60. The van der Waals surface area contributed by atoms with E-state index < -0.39 is 5.76 Å². The molecule has 0 saturated carbocycles. The van der Waals surface area contributed by atoms with Crippen molar-refractivity contribution < 1.29 is 18.4 Å². The van der Waals surface area contributed by atoms with Crippen molar-refractivity contribution in [2.24, 2.45) is 0 Å². The van der Waals surface area contributed by atoms with Gasteiger partial charge in [-0.2, -0.15) is 8.78 Å². The summed E-state index contributed by atoms with van der Waals surface area (Å²) < 4.78 is 27.1. The number of thioether (sulfide) groups is 1. The second kappa shape index (κ2) is 8.17. The quantitative estimate of drug-likeness (QED) is 0.625. The summed E-state index contributed by atoms with van der Waals surface area (Å²) in [5.74, 6) is -3.20. The lowest BCUT2D eigenvalue weighted by Crippen LogP contribution is -2.19. The molecule has 2 N–H and O–H groups in total. The molecule has 3 aromatic rings. The first-order chi connectivity index (χ1) is 12.9. The van der Waals surface area contributed by atoms with Gasteiger partial charge >= 0.3 is 0 Å². The number of nitrogens with zero attached hydrogens (tertiary/aromatic N) is 2. The first-order valence-electron chi connectivity index (χ1n) is 8.00. The summed E-state index contributed by atoms with van der Waals surface area (Å²) in [7, 11) is 0. The highest BCUT2D eigenvalue weighted by molar-refractivity contribution is 7.99.